The third kappa shape index (κ3) is 4.83. The molecule has 0 saturated carbocycles. The molecule has 1 N–H and O–H groups in total. The summed E-state index contributed by atoms with van der Waals surface area (Å²) in [6, 6.07) is 13.7. The van der Waals surface area contributed by atoms with E-state index >= 15 is 0 Å². The molecule has 2 aromatic carbocycles. The summed E-state index contributed by atoms with van der Waals surface area (Å²) in [6.45, 7) is 3.59. The number of nitrogens with one attached hydrogen (secondary N) is 1. The lowest BCUT2D eigenvalue weighted by Crippen LogP contribution is -2.39. The molecule has 0 fully saturated rings. The molecule has 2 rings (SSSR count). The molecular weight excluding hydrogens is 352 g/mol. The molecule has 1 atom stereocenters. The van der Waals surface area contributed by atoms with Gasteiger partial charge in [0.15, 0.2) is 0 Å². The van der Waals surface area contributed by atoms with Gasteiger partial charge in [-0.05, 0) is 43.7 Å². The predicted molar refractivity (Wildman–Crippen MR) is 101 cm³/mol. The fourth-order valence-electron chi connectivity index (χ4n) is 2.44. The van der Waals surface area contributed by atoms with E-state index < -0.39 is 10.0 Å². The van der Waals surface area contributed by atoms with Crippen molar-refractivity contribution in [2.24, 2.45) is 0 Å². The summed E-state index contributed by atoms with van der Waals surface area (Å²) < 4.78 is 31.2. The molecule has 140 valence electrons. The maximum atomic E-state index is 12.6. The van der Waals surface area contributed by atoms with Crippen LogP contribution < -0.4 is 10.1 Å². The van der Waals surface area contributed by atoms with Gasteiger partial charge in [0, 0.05) is 7.05 Å². The Balaban J connectivity index is 2.01. The Kier molecular flexibility index (Phi) is 6.39. The topological polar surface area (TPSA) is 75.7 Å². The molecule has 0 aromatic heterocycles. The largest absolute Gasteiger partial charge is 0.497 e. The lowest BCUT2D eigenvalue weighted by Gasteiger charge is -2.19. The van der Waals surface area contributed by atoms with Crippen LogP contribution in [0, 0.1) is 6.92 Å². The second-order valence-electron chi connectivity index (χ2n) is 6.14. The number of hydrogen-bond donors (Lipinski definition) is 1. The van der Waals surface area contributed by atoms with Gasteiger partial charge in [-0.15, -0.1) is 0 Å². The van der Waals surface area contributed by atoms with E-state index in [9.17, 15) is 13.2 Å². The number of aryl methyl sites for hydroxylation is 1. The van der Waals surface area contributed by atoms with Crippen molar-refractivity contribution in [3.8, 4) is 5.75 Å². The van der Waals surface area contributed by atoms with E-state index in [1.165, 1.54) is 26.3 Å². The summed E-state index contributed by atoms with van der Waals surface area (Å²) in [5.74, 6) is 0.203. The van der Waals surface area contributed by atoms with E-state index in [2.05, 4.69) is 5.32 Å². The molecule has 1 unspecified atom stereocenters. The Morgan fingerprint density at radius 1 is 1.12 bits per heavy atom. The van der Waals surface area contributed by atoms with Crippen LogP contribution in [0.4, 0.5) is 0 Å². The molecular formula is C19H24N2O4S. The normalized spacial score (nSPS) is 12.7. The summed E-state index contributed by atoms with van der Waals surface area (Å²) in [7, 11) is -0.854. The standard InChI is InChI=1S/C19H24N2O4S/c1-14-5-7-16(8-6-14)15(2)20-19(22)13-21(3)26(23,24)18-11-9-17(25-4)10-12-18/h5-12,15H,13H2,1-4H3,(H,20,22). The van der Waals surface area contributed by atoms with E-state index in [1.54, 1.807) is 12.1 Å². The van der Waals surface area contributed by atoms with Crippen molar-refractivity contribution in [3.05, 3.63) is 59.7 Å². The molecule has 0 aliphatic heterocycles. The quantitative estimate of drug-likeness (QED) is 0.806. The highest BCUT2D eigenvalue weighted by Crippen LogP contribution is 2.18. The number of sulfonamides is 1. The fourth-order valence-corrected chi connectivity index (χ4v) is 3.57. The van der Waals surface area contributed by atoms with Gasteiger partial charge in [-0.3, -0.25) is 4.79 Å². The zero-order valence-corrected chi connectivity index (χ0v) is 16.2. The van der Waals surface area contributed by atoms with Crippen LogP contribution in [0.2, 0.25) is 0 Å². The summed E-state index contributed by atoms with van der Waals surface area (Å²) >= 11 is 0. The smallest absolute Gasteiger partial charge is 0.243 e. The zero-order valence-electron chi connectivity index (χ0n) is 15.4. The molecule has 1 amide bonds. The van der Waals surface area contributed by atoms with Gasteiger partial charge < -0.3 is 10.1 Å². The second-order valence-corrected chi connectivity index (χ2v) is 8.18. The summed E-state index contributed by atoms with van der Waals surface area (Å²) in [5.41, 5.74) is 2.10. The molecule has 7 heteroatoms. The van der Waals surface area contributed by atoms with Crippen LogP contribution in [0.1, 0.15) is 24.1 Å². The number of benzene rings is 2. The molecule has 26 heavy (non-hydrogen) atoms. The number of nitrogens with zero attached hydrogens (tertiary/aromatic N) is 1. The van der Waals surface area contributed by atoms with Gasteiger partial charge >= 0.3 is 0 Å². The van der Waals surface area contributed by atoms with Gasteiger partial charge in [0.2, 0.25) is 15.9 Å². The van der Waals surface area contributed by atoms with Gasteiger partial charge in [0.05, 0.1) is 24.6 Å². The molecule has 0 aliphatic carbocycles. The Bertz CT molecular complexity index is 846. The Morgan fingerprint density at radius 2 is 1.69 bits per heavy atom. The third-order valence-corrected chi connectivity index (χ3v) is 5.91. The number of likely N-dealkylation sites (N-methyl/N-ethyl adjacent to an activating group) is 1. The van der Waals surface area contributed by atoms with Crippen molar-refractivity contribution >= 4 is 15.9 Å². The fraction of sp³-hybridized carbons (Fsp3) is 0.316. The highest BCUT2D eigenvalue weighted by molar-refractivity contribution is 7.89. The Labute approximate surface area is 154 Å². The molecule has 2 aromatic rings. The maximum absolute atomic E-state index is 12.6. The average molecular weight is 376 g/mol. The molecule has 0 heterocycles. The number of carbonyl (C=O) groups excluding carboxylic acids is 1. The van der Waals surface area contributed by atoms with Crippen LogP contribution in [-0.2, 0) is 14.8 Å². The van der Waals surface area contributed by atoms with E-state index in [0.717, 1.165) is 15.4 Å². The second kappa shape index (κ2) is 8.33. The number of methoxy groups -OCH3 is 1. The third-order valence-electron chi connectivity index (χ3n) is 4.09. The maximum Gasteiger partial charge on any atom is 0.243 e. The molecule has 0 spiro atoms. The summed E-state index contributed by atoms with van der Waals surface area (Å²) in [5, 5.41) is 2.82. The highest BCUT2D eigenvalue weighted by atomic mass is 32.2. The molecule has 0 aliphatic rings. The van der Waals surface area contributed by atoms with E-state index in [-0.39, 0.29) is 23.4 Å². The van der Waals surface area contributed by atoms with E-state index in [0.29, 0.717) is 5.75 Å². The lowest BCUT2D eigenvalue weighted by molar-refractivity contribution is -0.121. The van der Waals surface area contributed by atoms with E-state index in [1.807, 2.05) is 38.1 Å². The van der Waals surface area contributed by atoms with Crippen molar-refractivity contribution in [3.63, 3.8) is 0 Å². The number of ether oxygens (including phenoxy) is 1. The van der Waals surface area contributed by atoms with Crippen LogP contribution in [0.3, 0.4) is 0 Å². The number of carbonyl (C=O) groups is 1. The van der Waals surface area contributed by atoms with Gasteiger partial charge in [0.1, 0.15) is 5.75 Å². The first-order valence-electron chi connectivity index (χ1n) is 8.20. The lowest BCUT2D eigenvalue weighted by atomic mass is 10.1. The van der Waals surface area contributed by atoms with Crippen molar-refractivity contribution in [2.75, 3.05) is 20.7 Å². The monoisotopic (exact) mass is 376 g/mol. The van der Waals surface area contributed by atoms with E-state index in [4.69, 9.17) is 4.74 Å². The van der Waals surface area contributed by atoms with Gasteiger partial charge in [-0.2, -0.15) is 4.31 Å². The van der Waals surface area contributed by atoms with Gasteiger partial charge in [-0.1, -0.05) is 29.8 Å². The summed E-state index contributed by atoms with van der Waals surface area (Å²) in [4.78, 5) is 12.4. The first kappa shape index (κ1) is 19.9. The average Bonchev–Trinajstić information content (AvgIpc) is 2.62. The summed E-state index contributed by atoms with van der Waals surface area (Å²) in [6.07, 6.45) is 0. The SMILES string of the molecule is COc1ccc(S(=O)(=O)N(C)CC(=O)NC(C)c2ccc(C)cc2)cc1. The molecule has 6 nitrogen and oxygen atoms in total. The predicted octanol–water partition coefficient (Wildman–Crippen LogP) is 2.50. The van der Waals surface area contributed by atoms with Crippen molar-refractivity contribution in [2.45, 2.75) is 24.8 Å². The Hall–Kier alpha value is -2.38. The molecule has 0 radical (unpaired) electrons. The first-order chi connectivity index (χ1) is 12.2. The molecule has 0 saturated heterocycles. The van der Waals surface area contributed by atoms with Crippen molar-refractivity contribution < 1.29 is 17.9 Å². The van der Waals surface area contributed by atoms with Gasteiger partial charge in [0.25, 0.3) is 0 Å². The minimum Gasteiger partial charge on any atom is -0.497 e. The molecule has 0 bridgehead atoms. The first-order valence-corrected chi connectivity index (χ1v) is 9.64. The van der Waals surface area contributed by atoms with Crippen LogP contribution in [0.5, 0.6) is 5.75 Å². The van der Waals surface area contributed by atoms with Crippen LogP contribution >= 0.6 is 0 Å². The minimum absolute atomic E-state index is 0.111. The van der Waals surface area contributed by atoms with Crippen LogP contribution in [0.15, 0.2) is 53.4 Å². The zero-order chi connectivity index (χ0) is 19.3. The number of rotatable bonds is 7. The Morgan fingerprint density at radius 3 is 2.23 bits per heavy atom. The van der Waals surface area contributed by atoms with Crippen molar-refractivity contribution in [1.82, 2.24) is 9.62 Å². The van der Waals surface area contributed by atoms with Crippen LogP contribution in [0.25, 0.3) is 0 Å². The minimum atomic E-state index is -3.75. The van der Waals surface area contributed by atoms with Crippen molar-refractivity contribution in [1.29, 1.82) is 0 Å². The number of amides is 1. The van der Waals surface area contributed by atoms with Crippen LogP contribution in [-0.4, -0.2) is 39.3 Å². The number of hydrogen-bond acceptors (Lipinski definition) is 4. The van der Waals surface area contributed by atoms with Gasteiger partial charge in [-0.25, -0.2) is 8.42 Å². The highest BCUT2D eigenvalue weighted by Gasteiger charge is 2.23.